The number of carbonyl (C=O) groups is 2. The number of ether oxygens (including phenoxy) is 1. The lowest BCUT2D eigenvalue weighted by Crippen LogP contribution is -2.51. The number of rotatable bonds is 2. The standard InChI is InChI=1S/C22H24FN3O3S/c1-22(2,3)29-21(28)26-11-5-4-6-17(26)19(27)25-20-24-16-10-7-13-12-14(23)8-9-15(13)18(16)30-20/h7-10,12,17H,4-6,11H2,1-3H3,(H,24,25,27)/t17-/m0/s1. The molecule has 1 atom stereocenters. The fourth-order valence-corrected chi connectivity index (χ4v) is 4.67. The van der Waals surface area contributed by atoms with Crippen molar-refractivity contribution < 1.29 is 18.7 Å². The SMILES string of the molecule is CC(C)(C)OC(=O)N1CCCC[C@H]1C(=O)Nc1nc2ccc3cc(F)ccc3c2s1. The molecule has 2 aromatic carbocycles. The highest BCUT2D eigenvalue weighted by Crippen LogP contribution is 2.33. The maximum absolute atomic E-state index is 13.5. The molecule has 0 spiro atoms. The van der Waals surface area contributed by atoms with E-state index in [1.165, 1.54) is 28.4 Å². The zero-order chi connectivity index (χ0) is 21.5. The largest absolute Gasteiger partial charge is 0.444 e. The van der Waals surface area contributed by atoms with E-state index >= 15 is 0 Å². The quantitative estimate of drug-likeness (QED) is 0.599. The number of halogens is 1. The lowest BCUT2D eigenvalue weighted by molar-refractivity contribution is -0.122. The number of carbonyl (C=O) groups excluding carboxylic acids is 2. The van der Waals surface area contributed by atoms with Crippen LogP contribution in [0.4, 0.5) is 14.3 Å². The van der Waals surface area contributed by atoms with Crippen LogP contribution in [0.2, 0.25) is 0 Å². The van der Waals surface area contributed by atoms with E-state index in [0.29, 0.717) is 18.1 Å². The first-order chi connectivity index (χ1) is 14.2. The van der Waals surface area contributed by atoms with Crippen molar-refractivity contribution in [3.8, 4) is 0 Å². The molecule has 3 aromatic rings. The Morgan fingerprint density at radius 3 is 2.80 bits per heavy atom. The number of amides is 2. The molecule has 1 aliphatic heterocycles. The Kier molecular flexibility index (Phi) is 5.36. The predicted octanol–water partition coefficient (Wildman–Crippen LogP) is 5.32. The minimum Gasteiger partial charge on any atom is -0.444 e. The van der Waals surface area contributed by atoms with Crippen molar-refractivity contribution in [2.24, 2.45) is 0 Å². The Labute approximate surface area is 178 Å². The Bertz CT molecular complexity index is 1120. The van der Waals surface area contributed by atoms with E-state index in [0.717, 1.165) is 33.8 Å². The van der Waals surface area contributed by atoms with Gasteiger partial charge < -0.3 is 10.1 Å². The smallest absolute Gasteiger partial charge is 0.410 e. The first kappa shape index (κ1) is 20.5. The number of nitrogens with zero attached hydrogens (tertiary/aromatic N) is 2. The van der Waals surface area contributed by atoms with Gasteiger partial charge in [-0.3, -0.25) is 9.69 Å². The van der Waals surface area contributed by atoms with Gasteiger partial charge in [-0.2, -0.15) is 0 Å². The van der Waals surface area contributed by atoms with Gasteiger partial charge in [0.2, 0.25) is 5.91 Å². The molecule has 0 aliphatic carbocycles. The summed E-state index contributed by atoms with van der Waals surface area (Å²) in [6.45, 7) is 5.91. The van der Waals surface area contributed by atoms with E-state index in [-0.39, 0.29) is 11.7 Å². The summed E-state index contributed by atoms with van der Waals surface area (Å²) in [5, 5.41) is 5.00. The monoisotopic (exact) mass is 429 g/mol. The Hall–Kier alpha value is -2.74. The fourth-order valence-electron chi connectivity index (χ4n) is 3.67. The van der Waals surface area contributed by atoms with Gasteiger partial charge in [0.1, 0.15) is 17.5 Å². The average molecular weight is 430 g/mol. The van der Waals surface area contributed by atoms with E-state index in [9.17, 15) is 14.0 Å². The summed E-state index contributed by atoms with van der Waals surface area (Å²) in [4.78, 5) is 31.6. The van der Waals surface area contributed by atoms with Gasteiger partial charge in [-0.1, -0.05) is 17.4 Å². The molecule has 2 heterocycles. The normalized spacial score (nSPS) is 17.3. The Morgan fingerprint density at radius 2 is 2.03 bits per heavy atom. The van der Waals surface area contributed by atoms with E-state index in [1.807, 2.05) is 12.1 Å². The zero-order valence-corrected chi connectivity index (χ0v) is 18.0. The lowest BCUT2D eigenvalue weighted by atomic mass is 10.0. The van der Waals surface area contributed by atoms with Crippen LogP contribution in [0.15, 0.2) is 30.3 Å². The van der Waals surface area contributed by atoms with Gasteiger partial charge in [0, 0.05) is 11.9 Å². The van der Waals surface area contributed by atoms with Gasteiger partial charge in [0.15, 0.2) is 5.13 Å². The van der Waals surface area contributed by atoms with Crippen LogP contribution in [-0.4, -0.2) is 40.1 Å². The van der Waals surface area contributed by atoms with Crippen LogP contribution in [0.5, 0.6) is 0 Å². The summed E-state index contributed by atoms with van der Waals surface area (Å²) in [5.41, 5.74) is 0.116. The topological polar surface area (TPSA) is 71.5 Å². The van der Waals surface area contributed by atoms with Crippen LogP contribution < -0.4 is 5.32 Å². The molecule has 0 saturated carbocycles. The zero-order valence-electron chi connectivity index (χ0n) is 17.2. The number of nitrogens with one attached hydrogen (secondary N) is 1. The van der Waals surface area contributed by atoms with Crippen molar-refractivity contribution >= 4 is 49.5 Å². The van der Waals surface area contributed by atoms with Crippen molar-refractivity contribution in [2.75, 3.05) is 11.9 Å². The number of likely N-dealkylation sites (tertiary alicyclic amines) is 1. The van der Waals surface area contributed by atoms with Crippen molar-refractivity contribution in [3.05, 3.63) is 36.1 Å². The van der Waals surface area contributed by atoms with E-state index in [1.54, 1.807) is 26.8 Å². The van der Waals surface area contributed by atoms with Gasteiger partial charge >= 0.3 is 6.09 Å². The molecular weight excluding hydrogens is 405 g/mol. The van der Waals surface area contributed by atoms with Crippen molar-refractivity contribution in [1.29, 1.82) is 0 Å². The second kappa shape index (κ2) is 7.83. The number of hydrogen-bond donors (Lipinski definition) is 1. The molecule has 8 heteroatoms. The van der Waals surface area contributed by atoms with Crippen molar-refractivity contribution in [3.63, 3.8) is 0 Å². The molecule has 6 nitrogen and oxygen atoms in total. The number of anilines is 1. The van der Waals surface area contributed by atoms with E-state index in [2.05, 4.69) is 10.3 Å². The summed E-state index contributed by atoms with van der Waals surface area (Å²) < 4.78 is 19.9. The molecular formula is C22H24FN3O3S. The molecule has 0 radical (unpaired) electrons. The Morgan fingerprint density at radius 1 is 1.23 bits per heavy atom. The van der Waals surface area contributed by atoms with Gasteiger partial charge in [-0.15, -0.1) is 0 Å². The highest BCUT2D eigenvalue weighted by Gasteiger charge is 2.35. The van der Waals surface area contributed by atoms with Crippen LogP contribution >= 0.6 is 11.3 Å². The third kappa shape index (κ3) is 4.23. The number of thiazole rings is 1. The molecule has 2 amide bonds. The second-order valence-electron chi connectivity index (χ2n) is 8.47. The third-order valence-corrected chi connectivity index (χ3v) is 6.02. The number of fused-ring (bicyclic) bond motifs is 3. The first-order valence-corrected chi connectivity index (χ1v) is 10.8. The molecule has 0 unspecified atom stereocenters. The summed E-state index contributed by atoms with van der Waals surface area (Å²) in [6.07, 6.45) is 1.82. The molecule has 1 aromatic heterocycles. The van der Waals surface area contributed by atoms with E-state index < -0.39 is 17.7 Å². The fraction of sp³-hybridized carbons (Fsp3) is 0.409. The summed E-state index contributed by atoms with van der Waals surface area (Å²) in [5.74, 6) is -0.561. The molecule has 30 heavy (non-hydrogen) atoms. The molecule has 0 bridgehead atoms. The maximum Gasteiger partial charge on any atom is 0.410 e. The number of benzene rings is 2. The molecule has 1 aliphatic rings. The van der Waals surface area contributed by atoms with Crippen molar-refractivity contribution in [1.82, 2.24) is 9.88 Å². The summed E-state index contributed by atoms with van der Waals surface area (Å²) >= 11 is 1.34. The summed E-state index contributed by atoms with van der Waals surface area (Å²) in [7, 11) is 0. The lowest BCUT2D eigenvalue weighted by Gasteiger charge is -2.35. The molecule has 4 rings (SSSR count). The van der Waals surface area contributed by atoms with Crippen LogP contribution in [0, 0.1) is 5.82 Å². The minimum absolute atomic E-state index is 0.269. The average Bonchev–Trinajstić information content (AvgIpc) is 3.09. The number of hydrogen-bond acceptors (Lipinski definition) is 5. The first-order valence-electron chi connectivity index (χ1n) is 10.0. The van der Waals surface area contributed by atoms with Gasteiger partial charge in [0.05, 0.1) is 10.2 Å². The Balaban J connectivity index is 1.57. The summed E-state index contributed by atoms with van der Waals surface area (Å²) in [6, 6.07) is 7.66. The molecule has 1 saturated heterocycles. The van der Waals surface area contributed by atoms with Crippen LogP contribution in [-0.2, 0) is 9.53 Å². The molecule has 1 fully saturated rings. The van der Waals surface area contributed by atoms with Gasteiger partial charge in [-0.05, 0) is 69.7 Å². The third-order valence-electron chi connectivity index (χ3n) is 5.00. The highest BCUT2D eigenvalue weighted by atomic mass is 32.1. The van der Waals surface area contributed by atoms with Crippen molar-refractivity contribution in [2.45, 2.75) is 51.7 Å². The van der Waals surface area contributed by atoms with Crippen LogP contribution in [0.3, 0.4) is 0 Å². The van der Waals surface area contributed by atoms with Crippen LogP contribution in [0.1, 0.15) is 40.0 Å². The second-order valence-corrected chi connectivity index (χ2v) is 9.47. The maximum atomic E-state index is 13.5. The van der Waals surface area contributed by atoms with E-state index in [4.69, 9.17) is 4.74 Å². The number of piperidine rings is 1. The minimum atomic E-state index is -0.622. The van der Waals surface area contributed by atoms with Gasteiger partial charge in [-0.25, -0.2) is 14.2 Å². The van der Waals surface area contributed by atoms with Gasteiger partial charge in [0.25, 0.3) is 0 Å². The molecule has 158 valence electrons. The highest BCUT2D eigenvalue weighted by molar-refractivity contribution is 7.23. The van der Waals surface area contributed by atoms with Crippen LogP contribution in [0.25, 0.3) is 21.0 Å². The number of aromatic nitrogens is 1. The molecule has 1 N–H and O–H groups in total. The predicted molar refractivity (Wildman–Crippen MR) is 116 cm³/mol.